The van der Waals surface area contributed by atoms with E-state index in [-0.39, 0.29) is 12.1 Å². The zero-order valence-corrected chi connectivity index (χ0v) is 11.0. The lowest BCUT2D eigenvalue weighted by Crippen LogP contribution is -2.28. The zero-order chi connectivity index (χ0) is 12.7. The van der Waals surface area contributed by atoms with Gasteiger partial charge in [-0.1, -0.05) is 24.3 Å². The second kappa shape index (κ2) is 7.43. The van der Waals surface area contributed by atoms with Crippen molar-refractivity contribution in [1.29, 1.82) is 0 Å². The molecule has 0 spiro atoms. The van der Waals surface area contributed by atoms with Crippen molar-refractivity contribution >= 4 is 0 Å². The second-order valence-electron chi connectivity index (χ2n) is 4.20. The molecule has 1 aromatic carbocycles. The van der Waals surface area contributed by atoms with Crippen LogP contribution in [0.3, 0.4) is 0 Å². The summed E-state index contributed by atoms with van der Waals surface area (Å²) in [4.78, 5) is 0. The largest absolute Gasteiger partial charge is 0.379 e. The number of rotatable bonds is 7. The van der Waals surface area contributed by atoms with Crippen molar-refractivity contribution < 1.29 is 9.47 Å². The highest BCUT2D eigenvalue weighted by Crippen LogP contribution is 2.23. The maximum Gasteiger partial charge on any atom is 0.0976 e. The monoisotopic (exact) mass is 237 g/mol. The van der Waals surface area contributed by atoms with Crippen molar-refractivity contribution in [2.75, 3.05) is 19.8 Å². The van der Waals surface area contributed by atoms with Gasteiger partial charge in [-0.25, -0.2) is 0 Å². The molecule has 0 fully saturated rings. The molecule has 0 aliphatic heterocycles. The van der Waals surface area contributed by atoms with Gasteiger partial charge in [-0.3, -0.25) is 0 Å². The Morgan fingerprint density at radius 1 is 1.24 bits per heavy atom. The van der Waals surface area contributed by atoms with Gasteiger partial charge < -0.3 is 15.2 Å². The molecule has 0 amide bonds. The predicted octanol–water partition coefficient (Wildman–Crippen LogP) is 2.44. The SMILES string of the molecule is CCOCCOC(c1ccccc1C)C(C)N. The van der Waals surface area contributed by atoms with Gasteiger partial charge in [-0.15, -0.1) is 0 Å². The summed E-state index contributed by atoms with van der Waals surface area (Å²) >= 11 is 0. The number of nitrogens with two attached hydrogens (primary N) is 1. The maximum absolute atomic E-state index is 5.99. The number of aryl methyl sites for hydroxylation is 1. The van der Waals surface area contributed by atoms with E-state index in [2.05, 4.69) is 19.1 Å². The van der Waals surface area contributed by atoms with E-state index in [9.17, 15) is 0 Å². The number of benzene rings is 1. The molecule has 17 heavy (non-hydrogen) atoms. The molecule has 2 atom stereocenters. The number of hydrogen-bond acceptors (Lipinski definition) is 3. The van der Waals surface area contributed by atoms with Crippen molar-refractivity contribution in [2.24, 2.45) is 5.73 Å². The van der Waals surface area contributed by atoms with Gasteiger partial charge in [0, 0.05) is 12.6 Å². The molecular weight excluding hydrogens is 214 g/mol. The number of ether oxygens (including phenoxy) is 2. The fourth-order valence-corrected chi connectivity index (χ4v) is 1.81. The molecule has 3 heteroatoms. The van der Waals surface area contributed by atoms with Gasteiger partial charge in [0.2, 0.25) is 0 Å². The fraction of sp³-hybridized carbons (Fsp3) is 0.571. The lowest BCUT2D eigenvalue weighted by molar-refractivity contribution is -0.00268. The van der Waals surface area contributed by atoms with Gasteiger partial charge in [0.05, 0.1) is 19.3 Å². The van der Waals surface area contributed by atoms with Crippen LogP contribution in [-0.2, 0) is 9.47 Å². The van der Waals surface area contributed by atoms with Crippen LogP contribution in [-0.4, -0.2) is 25.9 Å². The summed E-state index contributed by atoms with van der Waals surface area (Å²) in [5, 5.41) is 0. The van der Waals surface area contributed by atoms with Crippen LogP contribution >= 0.6 is 0 Å². The van der Waals surface area contributed by atoms with Gasteiger partial charge in [0.25, 0.3) is 0 Å². The van der Waals surface area contributed by atoms with Crippen LogP contribution in [0.4, 0.5) is 0 Å². The van der Waals surface area contributed by atoms with E-state index in [1.165, 1.54) is 11.1 Å². The number of hydrogen-bond donors (Lipinski definition) is 1. The van der Waals surface area contributed by atoms with E-state index in [4.69, 9.17) is 15.2 Å². The Labute approximate surface area is 104 Å². The Morgan fingerprint density at radius 2 is 1.94 bits per heavy atom. The standard InChI is InChI=1S/C14H23NO2/c1-4-16-9-10-17-14(12(3)15)13-8-6-5-7-11(13)2/h5-8,12,14H,4,9-10,15H2,1-3H3. The predicted molar refractivity (Wildman–Crippen MR) is 70.0 cm³/mol. The Hall–Kier alpha value is -0.900. The summed E-state index contributed by atoms with van der Waals surface area (Å²) in [5.74, 6) is 0. The molecule has 0 aliphatic rings. The minimum absolute atomic E-state index is 0.0299. The highest BCUT2D eigenvalue weighted by molar-refractivity contribution is 5.28. The summed E-state index contributed by atoms with van der Waals surface area (Å²) in [7, 11) is 0. The summed E-state index contributed by atoms with van der Waals surface area (Å²) in [6.07, 6.45) is -0.0587. The maximum atomic E-state index is 5.99. The lowest BCUT2D eigenvalue weighted by Gasteiger charge is -2.23. The first-order chi connectivity index (χ1) is 8.16. The summed E-state index contributed by atoms with van der Waals surface area (Å²) in [6, 6.07) is 8.17. The van der Waals surface area contributed by atoms with E-state index >= 15 is 0 Å². The third kappa shape index (κ3) is 4.46. The van der Waals surface area contributed by atoms with Gasteiger partial charge in [-0.05, 0) is 31.9 Å². The molecule has 0 radical (unpaired) electrons. The van der Waals surface area contributed by atoms with Crippen LogP contribution < -0.4 is 5.73 Å². The van der Waals surface area contributed by atoms with E-state index < -0.39 is 0 Å². The van der Waals surface area contributed by atoms with Gasteiger partial charge in [-0.2, -0.15) is 0 Å². The van der Waals surface area contributed by atoms with Crippen LogP contribution in [0.2, 0.25) is 0 Å². The van der Waals surface area contributed by atoms with E-state index in [1.807, 2.05) is 26.0 Å². The first-order valence-corrected chi connectivity index (χ1v) is 6.17. The molecule has 0 saturated carbocycles. The van der Waals surface area contributed by atoms with Gasteiger partial charge >= 0.3 is 0 Å². The van der Waals surface area contributed by atoms with Crippen LogP contribution in [0.25, 0.3) is 0 Å². The molecule has 2 unspecified atom stereocenters. The van der Waals surface area contributed by atoms with E-state index in [0.717, 1.165) is 6.61 Å². The summed E-state index contributed by atoms with van der Waals surface area (Å²) in [5.41, 5.74) is 8.37. The minimum Gasteiger partial charge on any atom is -0.379 e. The molecule has 3 nitrogen and oxygen atoms in total. The molecular formula is C14H23NO2. The molecule has 0 aromatic heterocycles. The third-order valence-electron chi connectivity index (χ3n) is 2.70. The van der Waals surface area contributed by atoms with Crippen LogP contribution in [0.5, 0.6) is 0 Å². The summed E-state index contributed by atoms with van der Waals surface area (Å²) in [6.45, 7) is 7.94. The molecule has 0 heterocycles. The van der Waals surface area contributed by atoms with Crippen molar-refractivity contribution in [2.45, 2.75) is 32.9 Å². The average Bonchev–Trinajstić information content (AvgIpc) is 2.30. The molecule has 2 N–H and O–H groups in total. The minimum atomic E-state index is -0.0587. The molecule has 1 aromatic rings. The van der Waals surface area contributed by atoms with Gasteiger partial charge in [0.1, 0.15) is 0 Å². The molecule has 1 rings (SSSR count). The third-order valence-corrected chi connectivity index (χ3v) is 2.70. The Bertz CT molecular complexity index is 326. The highest BCUT2D eigenvalue weighted by atomic mass is 16.5. The first-order valence-electron chi connectivity index (χ1n) is 6.17. The second-order valence-corrected chi connectivity index (χ2v) is 4.20. The Morgan fingerprint density at radius 3 is 2.53 bits per heavy atom. The average molecular weight is 237 g/mol. The van der Waals surface area contributed by atoms with Crippen molar-refractivity contribution in [1.82, 2.24) is 0 Å². The van der Waals surface area contributed by atoms with Gasteiger partial charge in [0.15, 0.2) is 0 Å². The van der Waals surface area contributed by atoms with Crippen molar-refractivity contribution in [3.8, 4) is 0 Å². The Balaban J connectivity index is 2.63. The lowest BCUT2D eigenvalue weighted by atomic mass is 9.99. The zero-order valence-electron chi connectivity index (χ0n) is 11.0. The molecule has 0 aliphatic carbocycles. The van der Waals surface area contributed by atoms with E-state index in [1.54, 1.807) is 0 Å². The molecule has 0 saturated heterocycles. The Kier molecular flexibility index (Phi) is 6.19. The topological polar surface area (TPSA) is 44.5 Å². The quantitative estimate of drug-likeness (QED) is 0.741. The summed E-state index contributed by atoms with van der Waals surface area (Å²) < 4.78 is 11.1. The first kappa shape index (κ1) is 14.2. The van der Waals surface area contributed by atoms with Crippen molar-refractivity contribution in [3.63, 3.8) is 0 Å². The van der Waals surface area contributed by atoms with Crippen LogP contribution in [0, 0.1) is 6.92 Å². The van der Waals surface area contributed by atoms with Crippen LogP contribution in [0.15, 0.2) is 24.3 Å². The fourth-order valence-electron chi connectivity index (χ4n) is 1.81. The normalized spacial score (nSPS) is 14.6. The smallest absolute Gasteiger partial charge is 0.0976 e. The van der Waals surface area contributed by atoms with Crippen LogP contribution in [0.1, 0.15) is 31.1 Å². The molecule has 96 valence electrons. The highest BCUT2D eigenvalue weighted by Gasteiger charge is 2.18. The van der Waals surface area contributed by atoms with Crippen molar-refractivity contribution in [3.05, 3.63) is 35.4 Å². The molecule has 0 bridgehead atoms. The van der Waals surface area contributed by atoms with E-state index in [0.29, 0.717) is 13.2 Å².